The number of rotatable bonds is 5. The molecule has 2 unspecified atom stereocenters. The Balaban J connectivity index is 1.49. The molecule has 28 heavy (non-hydrogen) atoms. The average molecular weight is 387 g/mol. The molecule has 1 amide bonds. The van der Waals surface area contributed by atoms with Crippen LogP contribution in [0.3, 0.4) is 0 Å². The predicted molar refractivity (Wildman–Crippen MR) is 109 cm³/mol. The largest absolute Gasteiger partial charge is 0.490 e. The van der Waals surface area contributed by atoms with Crippen LogP contribution >= 0.6 is 0 Å². The van der Waals surface area contributed by atoms with Crippen LogP contribution in [0.5, 0.6) is 11.5 Å². The smallest absolute Gasteiger partial charge is 0.226 e. The van der Waals surface area contributed by atoms with Crippen molar-refractivity contribution in [2.24, 2.45) is 23.5 Å². The number of nitrogens with two attached hydrogens (primary N) is 1. The van der Waals surface area contributed by atoms with Crippen LogP contribution in [0.25, 0.3) is 0 Å². The lowest BCUT2D eigenvalue weighted by atomic mass is 9.65. The zero-order valence-corrected chi connectivity index (χ0v) is 17.3. The summed E-state index contributed by atoms with van der Waals surface area (Å²) in [7, 11) is 0. The van der Waals surface area contributed by atoms with Crippen molar-refractivity contribution in [3.8, 4) is 11.5 Å². The Morgan fingerprint density at radius 3 is 2.29 bits per heavy atom. The van der Waals surface area contributed by atoms with Gasteiger partial charge in [0.15, 0.2) is 11.5 Å². The van der Waals surface area contributed by atoms with E-state index >= 15 is 0 Å². The summed E-state index contributed by atoms with van der Waals surface area (Å²) in [6.07, 6.45) is 6.51. The fourth-order valence-corrected chi connectivity index (χ4v) is 5.54. The SMILES string of the molecule is CCOc1cc2c(cc1OCC)CN(C(=O)C1CC3CCCC(C1)C3N)CC2. The molecule has 0 radical (unpaired) electrons. The second-order valence-electron chi connectivity index (χ2n) is 8.64. The van der Waals surface area contributed by atoms with E-state index in [1.165, 1.54) is 30.4 Å². The topological polar surface area (TPSA) is 64.8 Å². The minimum absolute atomic E-state index is 0.158. The van der Waals surface area contributed by atoms with Gasteiger partial charge in [-0.25, -0.2) is 0 Å². The first-order chi connectivity index (χ1) is 13.6. The quantitative estimate of drug-likeness (QED) is 0.841. The third kappa shape index (κ3) is 3.73. The van der Waals surface area contributed by atoms with Gasteiger partial charge in [-0.1, -0.05) is 6.42 Å². The summed E-state index contributed by atoms with van der Waals surface area (Å²) >= 11 is 0. The summed E-state index contributed by atoms with van der Waals surface area (Å²) in [5, 5.41) is 0. The number of nitrogens with zero attached hydrogens (tertiary/aromatic N) is 1. The zero-order valence-electron chi connectivity index (χ0n) is 17.3. The van der Waals surface area contributed by atoms with Crippen LogP contribution in [0.1, 0.15) is 57.1 Å². The third-order valence-corrected chi connectivity index (χ3v) is 6.95. The van der Waals surface area contributed by atoms with Crippen LogP contribution in [-0.2, 0) is 17.8 Å². The van der Waals surface area contributed by atoms with E-state index in [-0.39, 0.29) is 5.92 Å². The number of ether oxygens (including phenoxy) is 2. The van der Waals surface area contributed by atoms with E-state index in [2.05, 4.69) is 17.0 Å². The molecule has 2 N–H and O–H groups in total. The lowest BCUT2D eigenvalue weighted by Crippen LogP contribution is -2.50. The average Bonchev–Trinajstić information content (AvgIpc) is 2.68. The van der Waals surface area contributed by atoms with Crippen LogP contribution < -0.4 is 15.2 Å². The lowest BCUT2D eigenvalue weighted by molar-refractivity contribution is -0.139. The molecule has 1 aromatic carbocycles. The van der Waals surface area contributed by atoms with Crippen LogP contribution in [0.2, 0.25) is 0 Å². The van der Waals surface area contributed by atoms with Gasteiger partial charge in [0.1, 0.15) is 0 Å². The molecule has 5 heteroatoms. The Morgan fingerprint density at radius 1 is 1.07 bits per heavy atom. The Kier molecular flexibility index (Phi) is 5.81. The fraction of sp³-hybridized carbons (Fsp3) is 0.696. The van der Waals surface area contributed by atoms with Gasteiger partial charge in [-0.15, -0.1) is 0 Å². The molecule has 0 saturated heterocycles. The molecular formula is C23H34N2O3. The molecule has 0 spiro atoms. The number of carbonyl (C=O) groups excluding carboxylic acids is 1. The van der Waals surface area contributed by atoms with Crippen molar-refractivity contribution in [2.45, 2.75) is 65.0 Å². The van der Waals surface area contributed by atoms with E-state index in [9.17, 15) is 4.79 Å². The molecule has 2 saturated carbocycles. The minimum atomic E-state index is 0.158. The second-order valence-corrected chi connectivity index (χ2v) is 8.64. The van der Waals surface area contributed by atoms with Gasteiger partial charge in [0.25, 0.3) is 0 Å². The van der Waals surface area contributed by atoms with Crippen molar-refractivity contribution in [3.05, 3.63) is 23.3 Å². The summed E-state index contributed by atoms with van der Waals surface area (Å²) in [4.78, 5) is 15.4. The highest BCUT2D eigenvalue weighted by atomic mass is 16.5. The van der Waals surface area contributed by atoms with Crippen LogP contribution in [-0.4, -0.2) is 36.6 Å². The Morgan fingerprint density at radius 2 is 1.68 bits per heavy atom. The first kappa shape index (κ1) is 19.6. The molecule has 0 aromatic heterocycles. The Labute approximate surface area is 168 Å². The van der Waals surface area contributed by atoms with Gasteiger partial charge in [0.05, 0.1) is 13.2 Å². The monoisotopic (exact) mass is 386 g/mol. The van der Waals surface area contributed by atoms with Crippen molar-refractivity contribution < 1.29 is 14.3 Å². The summed E-state index contributed by atoms with van der Waals surface area (Å²) < 4.78 is 11.5. The lowest BCUT2D eigenvalue weighted by Gasteiger charge is -2.45. The standard InChI is InChI=1S/C23H34N2O3/c1-3-27-20-12-15-8-9-25(14-19(15)13-21(20)28-4-2)23(26)18-10-16-6-5-7-17(11-18)22(16)24/h12-13,16-18,22H,3-11,14,24H2,1-2H3. The van der Waals surface area contributed by atoms with Gasteiger partial charge >= 0.3 is 0 Å². The van der Waals surface area contributed by atoms with E-state index < -0.39 is 0 Å². The van der Waals surface area contributed by atoms with E-state index in [0.29, 0.717) is 43.5 Å². The van der Waals surface area contributed by atoms with E-state index in [4.69, 9.17) is 15.2 Å². The van der Waals surface area contributed by atoms with Gasteiger partial charge in [0, 0.05) is 25.0 Å². The van der Waals surface area contributed by atoms with E-state index in [0.717, 1.165) is 37.3 Å². The Bertz CT molecular complexity index is 706. The van der Waals surface area contributed by atoms with Crippen molar-refractivity contribution in [1.29, 1.82) is 0 Å². The molecule has 2 bridgehead atoms. The normalized spacial score (nSPS) is 29.2. The highest BCUT2D eigenvalue weighted by molar-refractivity contribution is 5.79. The second kappa shape index (κ2) is 8.32. The molecule has 1 heterocycles. The molecule has 154 valence electrons. The third-order valence-electron chi connectivity index (χ3n) is 6.95. The molecule has 5 nitrogen and oxygen atoms in total. The summed E-state index contributed by atoms with van der Waals surface area (Å²) in [6, 6.07) is 4.50. The van der Waals surface area contributed by atoms with Crippen molar-refractivity contribution in [2.75, 3.05) is 19.8 Å². The number of benzene rings is 1. The molecule has 3 aliphatic rings. The van der Waals surface area contributed by atoms with Gasteiger partial charge in [-0.3, -0.25) is 4.79 Å². The molecule has 2 atom stereocenters. The number of fused-ring (bicyclic) bond motifs is 3. The summed E-state index contributed by atoms with van der Waals surface area (Å²) in [5.41, 5.74) is 8.89. The Hall–Kier alpha value is -1.75. The maximum Gasteiger partial charge on any atom is 0.226 e. The van der Waals surface area contributed by atoms with Gasteiger partial charge < -0.3 is 20.1 Å². The molecule has 1 aromatic rings. The number of hydrogen-bond acceptors (Lipinski definition) is 4. The molecule has 1 aliphatic heterocycles. The highest BCUT2D eigenvalue weighted by Crippen LogP contribution is 2.43. The van der Waals surface area contributed by atoms with Crippen LogP contribution in [0, 0.1) is 17.8 Å². The van der Waals surface area contributed by atoms with Crippen LogP contribution in [0.15, 0.2) is 12.1 Å². The van der Waals surface area contributed by atoms with E-state index in [1.807, 2.05) is 13.8 Å². The number of carbonyl (C=O) groups is 1. The van der Waals surface area contributed by atoms with Crippen molar-refractivity contribution in [1.82, 2.24) is 4.90 Å². The maximum absolute atomic E-state index is 13.3. The van der Waals surface area contributed by atoms with E-state index in [1.54, 1.807) is 0 Å². The first-order valence-electron chi connectivity index (χ1n) is 11.1. The maximum atomic E-state index is 13.3. The highest BCUT2D eigenvalue weighted by Gasteiger charge is 2.42. The van der Waals surface area contributed by atoms with Crippen LogP contribution in [0.4, 0.5) is 0 Å². The number of hydrogen-bond donors (Lipinski definition) is 1. The molecule has 2 fully saturated rings. The summed E-state index contributed by atoms with van der Waals surface area (Å²) in [5.74, 6) is 3.17. The first-order valence-corrected chi connectivity index (χ1v) is 11.1. The fourth-order valence-electron chi connectivity index (χ4n) is 5.54. The van der Waals surface area contributed by atoms with Crippen molar-refractivity contribution in [3.63, 3.8) is 0 Å². The molecule has 4 rings (SSSR count). The predicted octanol–water partition coefficient (Wildman–Crippen LogP) is 3.52. The zero-order chi connectivity index (χ0) is 19.7. The van der Waals surface area contributed by atoms with Gasteiger partial charge in [-0.05, 0) is 81.0 Å². The molecule has 2 aliphatic carbocycles. The summed E-state index contributed by atoms with van der Waals surface area (Å²) in [6.45, 7) is 6.67. The minimum Gasteiger partial charge on any atom is -0.490 e. The van der Waals surface area contributed by atoms with Crippen molar-refractivity contribution >= 4 is 5.91 Å². The van der Waals surface area contributed by atoms with Gasteiger partial charge in [-0.2, -0.15) is 0 Å². The molecular weight excluding hydrogens is 352 g/mol. The van der Waals surface area contributed by atoms with Gasteiger partial charge in [0.2, 0.25) is 5.91 Å². The number of amides is 1.